The molecule has 4 rings (SSSR count). The van der Waals surface area contributed by atoms with Crippen molar-refractivity contribution in [3.05, 3.63) is 28.7 Å². The van der Waals surface area contributed by atoms with Crippen LogP contribution in [0.15, 0.2) is 23.0 Å². The summed E-state index contributed by atoms with van der Waals surface area (Å²) in [4.78, 5) is 39.0. The number of carbonyl (C=O) groups is 2. The number of benzene rings is 1. The third-order valence-corrected chi connectivity index (χ3v) is 5.54. The molecule has 3 heterocycles. The minimum Gasteiger partial charge on any atom is -0.368 e. The van der Waals surface area contributed by atoms with E-state index in [4.69, 9.17) is 0 Å². The Kier molecular flexibility index (Phi) is 5.30. The number of hydrogen-bond donors (Lipinski definition) is 2. The second kappa shape index (κ2) is 7.36. The number of nitrogens with one attached hydrogen (secondary N) is 2. The zero-order valence-electron chi connectivity index (χ0n) is 15.4. The summed E-state index contributed by atoms with van der Waals surface area (Å²) in [6.07, 6.45) is 1.64. The van der Waals surface area contributed by atoms with Gasteiger partial charge in [0.2, 0.25) is 11.8 Å². The van der Waals surface area contributed by atoms with Crippen molar-refractivity contribution >= 4 is 40.9 Å². The number of likely N-dealkylation sites (N-methyl/N-ethyl adjacent to an activating group) is 1. The van der Waals surface area contributed by atoms with Gasteiger partial charge in [0.1, 0.15) is 6.04 Å². The number of imidazole rings is 1. The van der Waals surface area contributed by atoms with E-state index in [0.29, 0.717) is 12.5 Å². The zero-order valence-corrected chi connectivity index (χ0v) is 16.2. The molecule has 2 unspecified atom stereocenters. The first-order valence-electron chi connectivity index (χ1n) is 8.97. The van der Waals surface area contributed by atoms with Crippen molar-refractivity contribution in [2.24, 2.45) is 7.05 Å². The van der Waals surface area contributed by atoms with Gasteiger partial charge in [0, 0.05) is 32.6 Å². The Balaban J connectivity index is 0.00000210. The van der Waals surface area contributed by atoms with Crippen LogP contribution in [-0.4, -0.2) is 47.1 Å². The van der Waals surface area contributed by atoms with Gasteiger partial charge in [-0.25, -0.2) is 4.79 Å². The highest BCUT2D eigenvalue weighted by molar-refractivity contribution is 6.00. The molecule has 0 aliphatic carbocycles. The smallest absolute Gasteiger partial charge is 0.329 e. The maximum absolute atomic E-state index is 12.9. The molecule has 2 aromatic rings. The molecule has 2 saturated heterocycles. The van der Waals surface area contributed by atoms with Gasteiger partial charge >= 0.3 is 5.69 Å². The van der Waals surface area contributed by atoms with E-state index in [-0.39, 0.29) is 30.4 Å². The molecule has 1 aromatic heterocycles. The highest BCUT2D eigenvalue weighted by Gasteiger charge is 2.32. The number of hydrogen-bond acceptors (Lipinski definition) is 5. The van der Waals surface area contributed by atoms with Crippen molar-refractivity contribution in [3.8, 4) is 0 Å². The molecule has 146 valence electrons. The van der Waals surface area contributed by atoms with Crippen molar-refractivity contribution in [2.75, 3.05) is 25.0 Å². The molecule has 2 atom stereocenters. The fraction of sp³-hybridized carbons (Fsp3) is 0.500. The monoisotopic (exact) mass is 393 g/mol. The Morgan fingerprint density at radius 3 is 2.63 bits per heavy atom. The van der Waals surface area contributed by atoms with Crippen LogP contribution in [0.25, 0.3) is 11.0 Å². The summed E-state index contributed by atoms with van der Waals surface area (Å²) in [6, 6.07) is 5.60. The van der Waals surface area contributed by atoms with Crippen LogP contribution in [0.5, 0.6) is 0 Å². The van der Waals surface area contributed by atoms with Gasteiger partial charge < -0.3 is 10.2 Å². The maximum atomic E-state index is 12.9. The fourth-order valence-corrected chi connectivity index (χ4v) is 4.12. The number of nitrogens with zero attached hydrogens (tertiary/aromatic N) is 3. The van der Waals surface area contributed by atoms with E-state index in [1.165, 1.54) is 4.57 Å². The highest BCUT2D eigenvalue weighted by atomic mass is 35.5. The second-order valence-corrected chi connectivity index (χ2v) is 7.04. The first-order valence-corrected chi connectivity index (χ1v) is 8.97. The van der Waals surface area contributed by atoms with Gasteiger partial charge in [-0.3, -0.25) is 24.0 Å². The lowest BCUT2D eigenvalue weighted by molar-refractivity contribution is -0.135. The molecule has 2 fully saturated rings. The second-order valence-electron chi connectivity index (χ2n) is 7.04. The minimum absolute atomic E-state index is 0. The number of piperidine rings is 1. The summed E-state index contributed by atoms with van der Waals surface area (Å²) in [6.45, 7) is 1.80. The number of fused-ring (bicyclic) bond motifs is 1. The molecular formula is C18H24ClN5O3. The van der Waals surface area contributed by atoms with Gasteiger partial charge in [-0.05, 0) is 32.0 Å². The number of anilines is 1. The van der Waals surface area contributed by atoms with E-state index in [2.05, 4.69) is 15.5 Å². The van der Waals surface area contributed by atoms with Gasteiger partial charge in [0.15, 0.2) is 0 Å². The largest absolute Gasteiger partial charge is 0.368 e. The zero-order chi connectivity index (χ0) is 18.4. The lowest BCUT2D eigenvalue weighted by Gasteiger charge is -2.22. The minimum atomic E-state index is -0.650. The summed E-state index contributed by atoms with van der Waals surface area (Å²) in [5, 5.41) is 5.65. The fourth-order valence-electron chi connectivity index (χ4n) is 4.12. The molecule has 0 radical (unpaired) electrons. The molecule has 2 amide bonds. The van der Waals surface area contributed by atoms with Crippen LogP contribution in [0.3, 0.4) is 0 Å². The van der Waals surface area contributed by atoms with Crippen molar-refractivity contribution in [3.63, 3.8) is 0 Å². The average molecular weight is 394 g/mol. The Hall–Kier alpha value is -2.32. The number of carbonyl (C=O) groups excluding carboxylic acids is 2. The van der Waals surface area contributed by atoms with Crippen LogP contribution in [0.2, 0.25) is 0 Å². The van der Waals surface area contributed by atoms with Crippen molar-refractivity contribution < 1.29 is 9.59 Å². The Morgan fingerprint density at radius 1 is 1.19 bits per heavy atom. The van der Waals surface area contributed by atoms with Crippen LogP contribution in [0.4, 0.5) is 5.69 Å². The van der Waals surface area contributed by atoms with Gasteiger partial charge in [-0.15, -0.1) is 12.4 Å². The summed E-state index contributed by atoms with van der Waals surface area (Å²) in [7, 11) is 3.70. The SMILES string of the molecule is CNC1CCN(c2cccc3c2n(C)c(=O)n3C2CCC(=O)NC2=O)C1.Cl. The number of amides is 2. The van der Waals surface area contributed by atoms with E-state index < -0.39 is 11.9 Å². The predicted octanol–water partition coefficient (Wildman–Crippen LogP) is 0.538. The van der Waals surface area contributed by atoms with Crippen molar-refractivity contribution in [2.45, 2.75) is 31.3 Å². The van der Waals surface area contributed by atoms with Gasteiger partial charge in [0.25, 0.3) is 0 Å². The molecule has 2 N–H and O–H groups in total. The van der Waals surface area contributed by atoms with Crippen LogP contribution in [-0.2, 0) is 16.6 Å². The molecule has 2 aliphatic rings. The van der Waals surface area contributed by atoms with Crippen LogP contribution in [0, 0.1) is 0 Å². The summed E-state index contributed by atoms with van der Waals surface area (Å²) in [5.41, 5.74) is 2.34. The molecule has 1 aromatic carbocycles. The lowest BCUT2D eigenvalue weighted by Crippen LogP contribution is -2.44. The first kappa shape index (κ1) is 19.4. The lowest BCUT2D eigenvalue weighted by atomic mass is 10.1. The van der Waals surface area contributed by atoms with Gasteiger partial charge in [-0.2, -0.15) is 0 Å². The normalized spacial score (nSPS) is 22.8. The molecule has 0 spiro atoms. The van der Waals surface area contributed by atoms with Crippen molar-refractivity contribution in [1.82, 2.24) is 19.8 Å². The number of para-hydroxylation sites is 1. The predicted molar refractivity (Wildman–Crippen MR) is 106 cm³/mol. The summed E-state index contributed by atoms with van der Waals surface area (Å²) < 4.78 is 3.15. The van der Waals surface area contributed by atoms with E-state index >= 15 is 0 Å². The first-order chi connectivity index (χ1) is 12.5. The maximum Gasteiger partial charge on any atom is 0.329 e. The van der Waals surface area contributed by atoms with E-state index in [0.717, 1.165) is 36.2 Å². The third kappa shape index (κ3) is 3.12. The van der Waals surface area contributed by atoms with E-state index in [1.807, 2.05) is 25.2 Å². The molecule has 9 heteroatoms. The third-order valence-electron chi connectivity index (χ3n) is 5.54. The molecular weight excluding hydrogens is 370 g/mol. The number of rotatable bonds is 3. The molecule has 8 nitrogen and oxygen atoms in total. The van der Waals surface area contributed by atoms with Crippen LogP contribution < -0.4 is 21.2 Å². The molecule has 0 bridgehead atoms. The number of aryl methyl sites for hydroxylation is 1. The van der Waals surface area contributed by atoms with Crippen LogP contribution in [0.1, 0.15) is 25.3 Å². The van der Waals surface area contributed by atoms with Gasteiger partial charge in [-0.1, -0.05) is 6.07 Å². The highest BCUT2D eigenvalue weighted by Crippen LogP contribution is 2.31. The van der Waals surface area contributed by atoms with Gasteiger partial charge in [0.05, 0.1) is 16.7 Å². The van der Waals surface area contributed by atoms with E-state index in [9.17, 15) is 14.4 Å². The summed E-state index contributed by atoms with van der Waals surface area (Å²) >= 11 is 0. The Labute approximate surface area is 162 Å². The molecule has 27 heavy (non-hydrogen) atoms. The number of aromatic nitrogens is 2. The number of halogens is 1. The van der Waals surface area contributed by atoms with E-state index in [1.54, 1.807) is 11.6 Å². The molecule has 2 aliphatic heterocycles. The average Bonchev–Trinajstić information content (AvgIpc) is 3.20. The quantitative estimate of drug-likeness (QED) is 0.743. The van der Waals surface area contributed by atoms with Crippen molar-refractivity contribution in [1.29, 1.82) is 0 Å². The Morgan fingerprint density at radius 2 is 1.96 bits per heavy atom. The summed E-state index contributed by atoms with van der Waals surface area (Å²) in [5.74, 6) is -0.687. The molecule has 0 saturated carbocycles. The topological polar surface area (TPSA) is 88.4 Å². The standard InChI is InChI=1S/C18H23N5O3.ClH/c1-19-11-8-9-22(10-11)12-4-3-5-13-16(12)21(2)18(26)23(13)14-6-7-15(24)20-17(14)25;/h3-5,11,14,19H,6-10H2,1-2H3,(H,20,24,25);1H. The van der Waals surface area contributed by atoms with Crippen LogP contribution >= 0.6 is 12.4 Å². The Bertz CT molecular complexity index is 950. The number of imide groups is 1.